The van der Waals surface area contributed by atoms with Gasteiger partial charge < -0.3 is 14.1 Å². The number of hydrazone groups is 1. The molecule has 6 heteroatoms. The van der Waals surface area contributed by atoms with Crippen LogP contribution in [0.15, 0.2) is 45.9 Å². The van der Waals surface area contributed by atoms with Gasteiger partial charge in [-0.15, -0.1) is 0 Å². The van der Waals surface area contributed by atoms with Crippen molar-refractivity contribution in [3.05, 3.63) is 47.7 Å². The lowest BCUT2D eigenvalue weighted by molar-refractivity contribution is 0.0526. The average molecular weight is 341 g/mol. The van der Waals surface area contributed by atoms with E-state index >= 15 is 0 Å². The highest BCUT2D eigenvalue weighted by atomic mass is 16.5. The molecule has 1 aromatic heterocycles. The van der Waals surface area contributed by atoms with Crippen molar-refractivity contribution in [2.24, 2.45) is 5.10 Å². The lowest BCUT2D eigenvalue weighted by Gasteiger charge is -2.30. The largest absolute Gasteiger partial charge is 0.462 e. The zero-order valence-electron chi connectivity index (χ0n) is 14.6. The van der Waals surface area contributed by atoms with Gasteiger partial charge in [-0.2, -0.15) is 5.10 Å². The Morgan fingerprint density at radius 3 is 2.56 bits per heavy atom. The van der Waals surface area contributed by atoms with E-state index in [9.17, 15) is 4.79 Å². The van der Waals surface area contributed by atoms with Crippen LogP contribution < -0.4 is 0 Å². The molecule has 0 radical (unpaired) electrons. The number of ether oxygens (including phenoxy) is 1. The summed E-state index contributed by atoms with van der Waals surface area (Å²) in [5, 5.41) is 6.53. The highest BCUT2D eigenvalue weighted by Gasteiger charge is 2.11. The van der Waals surface area contributed by atoms with E-state index < -0.39 is 0 Å². The maximum absolute atomic E-state index is 11.7. The Kier molecular flexibility index (Phi) is 5.50. The summed E-state index contributed by atoms with van der Waals surface area (Å²) in [6.07, 6.45) is 1.75. The Hall–Kier alpha value is -2.60. The zero-order valence-corrected chi connectivity index (χ0v) is 14.6. The van der Waals surface area contributed by atoms with Crippen molar-refractivity contribution in [2.45, 2.75) is 6.92 Å². The van der Waals surface area contributed by atoms with Crippen LogP contribution in [-0.2, 0) is 4.74 Å². The van der Waals surface area contributed by atoms with Gasteiger partial charge in [0, 0.05) is 31.7 Å². The summed E-state index contributed by atoms with van der Waals surface area (Å²) in [6, 6.07) is 11.0. The molecule has 2 heterocycles. The SMILES string of the molecule is CCOC(=O)c1ccc(-c2ccc(/C=N\N3CCN(C)CC3)o2)cc1. The Bertz CT molecular complexity index is 729. The number of hydrogen-bond acceptors (Lipinski definition) is 6. The van der Waals surface area contributed by atoms with Gasteiger partial charge in [-0.25, -0.2) is 4.79 Å². The molecule has 1 aromatic carbocycles. The Labute approximate surface area is 147 Å². The number of rotatable bonds is 5. The molecule has 0 saturated carbocycles. The van der Waals surface area contributed by atoms with Crippen LogP contribution in [0.1, 0.15) is 23.0 Å². The van der Waals surface area contributed by atoms with Crippen LogP contribution >= 0.6 is 0 Å². The molecule has 0 aliphatic carbocycles. The summed E-state index contributed by atoms with van der Waals surface area (Å²) < 4.78 is 10.8. The average Bonchev–Trinajstić information content (AvgIpc) is 3.11. The number of nitrogens with zero attached hydrogens (tertiary/aromatic N) is 3. The molecule has 0 spiro atoms. The number of carbonyl (C=O) groups is 1. The van der Waals surface area contributed by atoms with Crippen LogP contribution in [0.3, 0.4) is 0 Å². The Morgan fingerprint density at radius 2 is 1.88 bits per heavy atom. The predicted molar refractivity (Wildman–Crippen MR) is 96.8 cm³/mol. The molecular weight excluding hydrogens is 318 g/mol. The van der Waals surface area contributed by atoms with Crippen molar-refractivity contribution in [3.8, 4) is 11.3 Å². The molecule has 3 rings (SSSR count). The van der Waals surface area contributed by atoms with Crippen LogP contribution in [-0.4, -0.2) is 61.9 Å². The monoisotopic (exact) mass is 341 g/mol. The second-order valence-electron chi connectivity index (χ2n) is 6.00. The molecule has 0 atom stereocenters. The minimum atomic E-state index is -0.312. The summed E-state index contributed by atoms with van der Waals surface area (Å²) in [4.78, 5) is 14.0. The van der Waals surface area contributed by atoms with Crippen molar-refractivity contribution in [1.29, 1.82) is 0 Å². The van der Waals surface area contributed by atoms with E-state index in [1.54, 1.807) is 25.3 Å². The van der Waals surface area contributed by atoms with Gasteiger partial charge in [0.1, 0.15) is 11.5 Å². The topological polar surface area (TPSA) is 58.3 Å². The molecule has 25 heavy (non-hydrogen) atoms. The fourth-order valence-electron chi connectivity index (χ4n) is 2.61. The van der Waals surface area contributed by atoms with Crippen LogP contribution in [0.4, 0.5) is 0 Å². The van der Waals surface area contributed by atoms with Crippen LogP contribution in [0.5, 0.6) is 0 Å². The quantitative estimate of drug-likeness (QED) is 0.618. The first-order valence-electron chi connectivity index (χ1n) is 8.50. The Morgan fingerprint density at radius 1 is 1.16 bits per heavy atom. The van der Waals surface area contributed by atoms with Crippen molar-refractivity contribution in [3.63, 3.8) is 0 Å². The van der Waals surface area contributed by atoms with Crippen molar-refractivity contribution in [2.75, 3.05) is 39.8 Å². The van der Waals surface area contributed by atoms with Crippen molar-refractivity contribution < 1.29 is 13.9 Å². The lowest BCUT2D eigenvalue weighted by atomic mass is 10.1. The van der Waals surface area contributed by atoms with Gasteiger partial charge in [0.05, 0.1) is 18.4 Å². The molecule has 1 saturated heterocycles. The van der Waals surface area contributed by atoms with Gasteiger partial charge in [-0.1, -0.05) is 12.1 Å². The number of piperazine rings is 1. The minimum Gasteiger partial charge on any atom is -0.462 e. The summed E-state index contributed by atoms with van der Waals surface area (Å²) in [7, 11) is 2.12. The van der Waals surface area contributed by atoms with E-state index in [1.165, 1.54) is 0 Å². The van der Waals surface area contributed by atoms with Gasteiger partial charge in [0.15, 0.2) is 0 Å². The third-order valence-corrected chi connectivity index (χ3v) is 4.14. The minimum absolute atomic E-state index is 0.312. The highest BCUT2D eigenvalue weighted by Crippen LogP contribution is 2.22. The van der Waals surface area contributed by atoms with Crippen LogP contribution in [0.25, 0.3) is 11.3 Å². The van der Waals surface area contributed by atoms with Gasteiger partial charge in [0.25, 0.3) is 0 Å². The molecule has 0 amide bonds. The van der Waals surface area contributed by atoms with E-state index in [-0.39, 0.29) is 5.97 Å². The van der Waals surface area contributed by atoms with Crippen LogP contribution in [0.2, 0.25) is 0 Å². The first-order chi connectivity index (χ1) is 12.2. The number of likely N-dealkylation sites (N-methyl/N-ethyl adjacent to an activating group) is 1. The van der Waals surface area contributed by atoms with E-state index in [2.05, 4.69) is 22.1 Å². The number of carbonyl (C=O) groups excluding carboxylic acids is 1. The van der Waals surface area contributed by atoms with Crippen molar-refractivity contribution >= 4 is 12.2 Å². The number of hydrogen-bond donors (Lipinski definition) is 0. The molecule has 1 aliphatic rings. The first-order valence-corrected chi connectivity index (χ1v) is 8.50. The summed E-state index contributed by atoms with van der Waals surface area (Å²) >= 11 is 0. The molecule has 132 valence electrons. The standard InChI is InChI=1S/C19H23N3O3/c1-3-24-19(23)16-6-4-15(5-7-16)18-9-8-17(25-18)14-20-22-12-10-21(2)11-13-22/h4-9,14H,3,10-13H2,1-2H3/b20-14-. The predicted octanol–water partition coefficient (Wildman–Crippen LogP) is 2.70. The zero-order chi connectivity index (χ0) is 17.6. The van der Waals surface area contributed by atoms with Gasteiger partial charge >= 0.3 is 5.97 Å². The normalized spacial score (nSPS) is 15.7. The second-order valence-corrected chi connectivity index (χ2v) is 6.00. The van der Waals surface area contributed by atoms with E-state index in [1.807, 2.05) is 24.3 Å². The molecule has 0 unspecified atom stereocenters. The smallest absolute Gasteiger partial charge is 0.338 e. The fraction of sp³-hybridized carbons (Fsp3) is 0.368. The first kappa shape index (κ1) is 17.2. The number of furan rings is 1. The third-order valence-electron chi connectivity index (χ3n) is 4.14. The molecule has 1 aliphatic heterocycles. The summed E-state index contributed by atoms with van der Waals surface area (Å²) in [5.74, 6) is 1.15. The van der Waals surface area contributed by atoms with Crippen LogP contribution in [0, 0.1) is 0 Å². The van der Waals surface area contributed by atoms with E-state index in [4.69, 9.17) is 9.15 Å². The summed E-state index contributed by atoms with van der Waals surface area (Å²) in [6.45, 7) is 6.06. The molecule has 6 nitrogen and oxygen atoms in total. The number of benzene rings is 1. The number of esters is 1. The third kappa shape index (κ3) is 4.48. The molecular formula is C19H23N3O3. The van der Waals surface area contributed by atoms with Crippen molar-refractivity contribution in [1.82, 2.24) is 9.91 Å². The van der Waals surface area contributed by atoms with Gasteiger partial charge in [-0.05, 0) is 38.2 Å². The maximum atomic E-state index is 11.7. The molecule has 0 N–H and O–H groups in total. The summed E-state index contributed by atoms with van der Waals surface area (Å²) in [5.41, 5.74) is 1.45. The Balaban J connectivity index is 1.64. The fourth-order valence-corrected chi connectivity index (χ4v) is 2.61. The lowest BCUT2D eigenvalue weighted by Crippen LogP contribution is -2.41. The molecule has 2 aromatic rings. The molecule has 1 fully saturated rings. The second kappa shape index (κ2) is 7.98. The van der Waals surface area contributed by atoms with E-state index in [0.29, 0.717) is 17.9 Å². The van der Waals surface area contributed by atoms with Gasteiger partial charge in [0.2, 0.25) is 0 Å². The maximum Gasteiger partial charge on any atom is 0.338 e. The van der Waals surface area contributed by atoms with Gasteiger partial charge in [-0.3, -0.25) is 5.01 Å². The molecule has 0 bridgehead atoms. The highest BCUT2D eigenvalue weighted by molar-refractivity contribution is 5.90. The van der Waals surface area contributed by atoms with E-state index in [0.717, 1.165) is 37.5 Å².